The molecule has 0 saturated carbocycles. The number of piperazine rings is 1. The van der Waals surface area contributed by atoms with Crippen LogP contribution in [0, 0.1) is 11.6 Å². The molecular formula is C19H19ClF2N4O2. The van der Waals surface area contributed by atoms with Crippen molar-refractivity contribution in [2.45, 2.75) is 6.04 Å². The van der Waals surface area contributed by atoms with E-state index in [0.29, 0.717) is 17.5 Å². The summed E-state index contributed by atoms with van der Waals surface area (Å²) in [6.45, 7) is 2.64. The molecule has 1 atom stereocenters. The standard InChI is InChI=1S/C19H18F2N4O2.ClH/c1-25-9-8-22-11-17(25)18-23-19(27-24-18)12-2-4-13(5-3-12)26-14-6-7-15(20)16(21)10-14;/h2-7,10,17,22H,8-9,11H2,1H3;1H. The van der Waals surface area contributed by atoms with Crippen molar-refractivity contribution in [3.8, 4) is 23.0 Å². The van der Waals surface area contributed by atoms with Crippen LogP contribution >= 0.6 is 12.4 Å². The van der Waals surface area contributed by atoms with Gasteiger partial charge in [-0.05, 0) is 43.4 Å². The SMILES string of the molecule is CN1CCNCC1c1noc(-c2ccc(Oc3ccc(F)c(F)c3)cc2)n1.Cl. The number of aromatic nitrogens is 2. The van der Waals surface area contributed by atoms with E-state index in [4.69, 9.17) is 9.26 Å². The summed E-state index contributed by atoms with van der Waals surface area (Å²) in [6, 6.07) is 10.4. The number of nitrogens with one attached hydrogen (secondary N) is 1. The Morgan fingerprint density at radius 3 is 2.57 bits per heavy atom. The van der Waals surface area contributed by atoms with Crippen LogP contribution in [-0.4, -0.2) is 41.7 Å². The number of halogens is 3. The molecule has 2 aromatic carbocycles. The molecule has 6 nitrogen and oxygen atoms in total. The summed E-state index contributed by atoms with van der Waals surface area (Å²) in [5.41, 5.74) is 0.748. The second kappa shape index (κ2) is 8.64. The molecular weight excluding hydrogens is 390 g/mol. The molecule has 1 fully saturated rings. The van der Waals surface area contributed by atoms with Gasteiger partial charge in [-0.15, -0.1) is 12.4 Å². The maximum Gasteiger partial charge on any atom is 0.257 e. The van der Waals surface area contributed by atoms with Gasteiger partial charge in [0.1, 0.15) is 11.5 Å². The highest BCUT2D eigenvalue weighted by molar-refractivity contribution is 5.85. The number of rotatable bonds is 4. The van der Waals surface area contributed by atoms with E-state index in [9.17, 15) is 8.78 Å². The van der Waals surface area contributed by atoms with Crippen molar-refractivity contribution in [3.63, 3.8) is 0 Å². The largest absolute Gasteiger partial charge is 0.457 e. The summed E-state index contributed by atoms with van der Waals surface area (Å²) < 4.78 is 37.2. The fraction of sp³-hybridized carbons (Fsp3) is 0.263. The minimum Gasteiger partial charge on any atom is -0.457 e. The molecule has 9 heteroatoms. The molecule has 0 aliphatic carbocycles. The van der Waals surface area contributed by atoms with Crippen LogP contribution in [0.25, 0.3) is 11.5 Å². The van der Waals surface area contributed by atoms with E-state index < -0.39 is 11.6 Å². The topological polar surface area (TPSA) is 63.4 Å². The Balaban J connectivity index is 0.00000225. The van der Waals surface area contributed by atoms with E-state index in [1.54, 1.807) is 24.3 Å². The van der Waals surface area contributed by atoms with Crippen LogP contribution in [0.2, 0.25) is 0 Å². The summed E-state index contributed by atoms with van der Waals surface area (Å²) in [4.78, 5) is 6.68. The summed E-state index contributed by atoms with van der Waals surface area (Å²) in [5, 5.41) is 7.42. The molecule has 2 heterocycles. The van der Waals surface area contributed by atoms with E-state index in [1.165, 1.54) is 6.07 Å². The second-order valence-corrected chi connectivity index (χ2v) is 6.36. The van der Waals surface area contributed by atoms with Crippen molar-refractivity contribution in [3.05, 3.63) is 59.9 Å². The molecule has 1 saturated heterocycles. The minimum atomic E-state index is -0.954. The Hall–Kier alpha value is -2.55. The summed E-state index contributed by atoms with van der Waals surface area (Å²) in [7, 11) is 2.03. The number of nitrogens with zero attached hydrogens (tertiary/aromatic N) is 3. The first-order chi connectivity index (χ1) is 13.1. The van der Waals surface area contributed by atoms with Gasteiger partial charge in [0.15, 0.2) is 17.5 Å². The number of hydrogen-bond donors (Lipinski definition) is 1. The van der Waals surface area contributed by atoms with Crippen LogP contribution in [0.5, 0.6) is 11.5 Å². The zero-order valence-electron chi connectivity index (χ0n) is 15.1. The first kappa shape index (κ1) is 20.2. The molecule has 0 bridgehead atoms. The average Bonchev–Trinajstić information content (AvgIpc) is 3.16. The van der Waals surface area contributed by atoms with E-state index in [2.05, 4.69) is 20.4 Å². The predicted octanol–water partition coefficient (Wildman–Crippen LogP) is 3.81. The molecule has 0 amide bonds. The lowest BCUT2D eigenvalue weighted by Crippen LogP contribution is -2.44. The average molecular weight is 409 g/mol. The zero-order valence-corrected chi connectivity index (χ0v) is 15.9. The highest BCUT2D eigenvalue weighted by atomic mass is 35.5. The fourth-order valence-electron chi connectivity index (χ4n) is 2.92. The molecule has 4 rings (SSSR count). The Bertz CT molecular complexity index is 936. The highest BCUT2D eigenvalue weighted by Crippen LogP contribution is 2.27. The maximum absolute atomic E-state index is 13.3. The van der Waals surface area contributed by atoms with Crippen LogP contribution in [-0.2, 0) is 0 Å². The Labute approximate surface area is 166 Å². The Morgan fingerprint density at radius 2 is 1.86 bits per heavy atom. The third-order valence-corrected chi connectivity index (χ3v) is 4.48. The summed E-state index contributed by atoms with van der Waals surface area (Å²) in [5.74, 6) is -0.103. The van der Waals surface area contributed by atoms with Crippen LogP contribution in [0.4, 0.5) is 8.78 Å². The molecule has 1 N–H and O–H groups in total. The predicted molar refractivity (Wildman–Crippen MR) is 102 cm³/mol. The summed E-state index contributed by atoms with van der Waals surface area (Å²) in [6.07, 6.45) is 0. The molecule has 1 aliphatic heterocycles. The molecule has 3 aromatic rings. The molecule has 1 unspecified atom stereocenters. The van der Waals surface area contributed by atoms with Gasteiger partial charge in [-0.25, -0.2) is 8.78 Å². The van der Waals surface area contributed by atoms with Gasteiger partial charge in [-0.2, -0.15) is 4.98 Å². The van der Waals surface area contributed by atoms with Gasteiger partial charge in [-0.3, -0.25) is 4.90 Å². The second-order valence-electron chi connectivity index (χ2n) is 6.36. The lowest BCUT2D eigenvalue weighted by Gasteiger charge is -2.30. The first-order valence-corrected chi connectivity index (χ1v) is 8.58. The van der Waals surface area contributed by atoms with E-state index >= 15 is 0 Å². The van der Waals surface area contributed by atoms with Gasteiger partial charge in [0, 0.05) is 31.3 Å². The fourth-order valence-corrected chi connectivity index (χ4v) is 2.92. The van der Waals surface area contributed by atoms with Gasteiger partial charge < -0.3 is 14.6 Å². The number of hydrogen-bond acceptors (Lipinski definition) is 6. The molecule has 0 radical (unpaired) electrons. The Morgan fingerprint density at radius 1 is 1.11 bits per heavy atom. The lowest BCUT2D eigenvalue weighted by atomic mass is 10.2. The van der Waals surface area contributed by atoms with Crippen molar-refractivity contribution in [2.24, 2.45) is 0 Å². The Kier molecular flexibility index (Phi) is 6.23. The van der Waals surface area contributed by atoms with Crippen LogP contribution in [0.3, 0.4) is 0 Å². The highest BCUT2D eigenvalue weighted by Gasteiger charge is 2.25. The molecule has 0 spiro atoms. The number of ether oxygens (including phenoxy) is 1. The van der Waals surface area contributed by atoms with Crippen molar-refractivity contribution in [2.75, 3.05) is 26.7 Å². The first-order valence-electron chi connectivity index (χ1n) is 8.58. The lowest BCUT2D eigenvalue weighted by molar-refractivity contribution is 0.190. The normalized spacial score (nSPS) is 17.2. The smallest absolute Gasteiger partial charge is 0.257 e. The zero-order chi connectivity index (χ0) is 18.8. The van der Waals surface area contributed by atoms with E-state index in [1.807, 2.05) is 7.05 Å². The van der Waals surface area contributed by atoms with Crippen molar-refractivity contribution < 1.29 is 18.0 Å². The van der Waals surface area contributed by atoms with Crippen molar-refractivity contribution >= 4 is 12.4 Å². The number of likely N-dealkylation sites (N-methyl/N-ethyl adjacent to an activating group) is 1. The van der Waals surface area contributed by atoms with Gasteiger partial charge >= 0.3 is 0 Å². The maximum atomic E-state index is 13.3. The third-order valence-electron chi connectivity index (χ3n) is 4.48. The van der Waals surface area contributed by atoms with Crippen LogP contribution in [0.15, 0.2) is 47.0 Å². The molecule has 148 valence electrons. The molecule has 28 heavy (non-hydrogen) atoms. The van der Waals surface area contributed by atoms with Crippen LogP contribution < -0.4 is 10.1 Å². The van der Waals surface area contributed by atoms with Gasteiger partial charge in [0.05, 0.1) is 6.04 Å². The number of benzene rings is 2. The van der Waals surface area contributed by atoms with Gasteiger partial charge in [0.25, 0.3) is 5.89 Å². The van der Waals surface area contributed by atoms with Crippen molar-refractivity contribution in [1.82, 2.24) is 20.4 Å². The monoisotopic (exact) mass is 408 g/mol. The van der Waals surface area contributed by atoms with Crippen molar-refractivity contribution in [1.29, 1.82) is 0 Å². The van der Waals surface area contributed by atoms with Gasteiger partial charge in [-0.1, -0.05) is 5.16 Å². The minimum absolute atomic E-state index is 0. The summed E-state index contributed by atoms with van der Waals surface area (Å²) >= 11 is 0. The molecule has 1 aliphatic rings. The van der Waals surface area contributed by atoms with Crippen LogP contribution in [0.1, 0.15) is 11.9 Å². The quantitative estimate of drug-likeness (QED) is 0.708. The molecule has 1 aromatic heterocycles. The van der Waals surface area contributed by atoms with Gasteiger partial charge in [0.2, 0.25) is 0 Å². The third kappa shape index (κ3) is 4.30. The van der Waals surface area contributed by atoms with E-state index in [-0.39, 0.29) is 24.2 Å². The van der Waals surface area contributed by atoms with E-state index in [0.717, 1.165) is 37.3 Å².